The van der Waals surface area contributed by atoms with Gasteiger partial charge in [-0.25, -0.2) is 0 Å². The fourth-order valence-electron chi connectivity index (χ4n) is 4.41. The van der Waals surface area contributed by atoms with E-state index < -0.39 is 0 Å². The van der Waals surface area contributed by atoms with Gasteiger partial charge in [0.25, 0.3) is 0 Å². The second kappa shape index (κ2) is 9.09. The standard InChI is InChI=1S/C18H30N2O3S/c21-17(12-24-13-18(22)20-7-9-23-10-8-20)19-16-6-5-14-3-1-2-4-15(14)11-16/h14-16H,1-13H2,(H,19,21)/t14-,15+,16-/m1/s1. The summed E-state index contributed by atoms with van der Waals surface area (Å²) in [6.45, 7) is 2.61. The highest BCUT2D eigenvalue weighted by Crippen LogP contribution is 2.40. The van der Waals surface area contributed by atoms with Crippen molar-refractivity contribution in [2.24, 2.45) is 11.8 Å². The van der Waals surface area contributed by atoms with Crippen molar-refractivity contribution < 1.29 is 14.3 Å². The number of morpholine rings is 1. The summed E-state index contributed by atoms with van der Waals surface area (Å²) >= 11 is 1.43. The van der Waals surface area contributed by atoms with Gasteiger partial charge in [-0.15, -0.1) is 11.8 Å². The van der Waals surface area contributed by atoms with E-state index in [1.165, 1.54) is 43.9 Å². The molecule has 0 spiro atoms. The van der Waals surface area contributed by atoms with Crippen molar-refractivity contribution in [1.82, 2.24) is 10.2 Å². The number of rotatable bonds is 5. The van der Waals surface area contributed by atoms with Crippen molar-refractivity contribution in [2.75, 3.05) is 37.8 Å². The van der Waals surface area contributed by atoms with Crippen LogP contribution in [0.2, 0.25) is 0 Å². The Morgan fingerprint density at radius 2 is 1.75 bits per heavy atom. The first kappa shape index (κ1) is 18.1. The zero-order valence-electron chi connectivity index (χ0n) is 14.5. The molecule has 1 N–H and O–H groups in total. The molecule has 1 heterocycles. The molecule has 3 atom stereocenters. The molecule has 3 aliphatic rings. The van der Waals surface area contributed by atoms with E-state index in [0.29, 0.717) is 43.9 Å². The molecule has 1 saturated heterocycles. The molecule has 3 rings (SSSR count). The summed E-state index contributed by atoms with van der Waals surface area (Å²) in [5.74, 6) is 2.73. The second-order valence-corrected chi connectivity index (χ2v) is 8.35. The summed E-state index contributed by atoms with van der Waals surface area (Å²) in [7, 11) is 0. The van der Waals surface area contributed by atoms with Crippen LogP contribution in [0.25, 0.3) is 0 Å². The van der Waals surface area contributed by atoms with E-state index in [1.807, 2.05) is 4.90 Å². The molecule has 3 fully saturated rings. The number of carbonyl (C=O) groups excluding carboxylic acids is 2. The third kappa shape index (κ3) is 5.12. The highest BCUT2D eigenvalue weighted by atomic mass is 32.2. The molecule has 6 heteroatoms. The van der Waals surface area contributed by atoms with E-state index in [0.717, 1.165) is 24.7 Å². The SMILES string of the molecule is O=C(CSCC(=O)N1CCOCC1)N[C@@H]1CC[C@H]2CCCC[C@H]2C1. The summed E-state index contributed by atoms with van der Waals surface area (Å²) < 4.78 is 5.25. The van der Waals surface area contributed by atoms with Crippen LogP contribution in [0.5, 0.6) is 0 Å². The molecule has 0 radical (unpaired) electrons. The Balaban J connectivity index is 1.31. The second-order valence-electron chi connectivity index (χ2n) is 7.37. The molecular formula is C18H30N2O3S. The van der Waals surface area contributed by atoms with E-state index in [1.54, 1.807) is 0 Å². The highest BCUT2D eigenvalue weighted by molar-refractivity contribution is 8.00. The molecule has 136 valence electrons. The van der Waals surface area contributed by atoms with Gasteiger partial charge in [0.15, 0.2) is 0 Å². The molecule has 0 aromatic carbocycles. The number of nitrogens with one attached hydrogen (secondary N) is 1. The summed E-state index contributed by atoms with van der Waals surface area (Å²) in [5, 5.41) is 3.20. The molecule has 0 bridgehead atoms. The molecule has 2 saturated carbocycles. The molecule has 0 aromatic heterocycles. The number of nitrogens with zero attached hydrogens (tertiary/aromatic N) is 1. The zero-order chi connectivity index (χ0) is 16.8. The van der Waals surface area contributed by atoms with Gasteiger partial charge in [0, 0.05) is 19.1 Å². The van der Waals surface area contributed by atoms with Crippen LogP contribution in [-0.2, 0) is 14.3 Å². The maximum atomic E-state index is 12.2. The summed E-state index contributed by atoms with van der Waals surface area (Å²) in [6.07, 6.45) is 9.06. The molecule has 2 aliphatic carbocycles. The van der Waals surface area contributed by atoms with Crippen LogP contribution in [0, 0.1) is 11.8 Å². The minimum atomic E-state index is 0.0917. The van der Waals surface area contributed by atoms with Gasteiger partial charge in [-0.05, 0) is 31.1 Å². The first-order valence-corrected chi connectivity index (χ1v) is 10.6. The minimum Gasteiger partial charge on any atom is -0.378 e. The molecule has 2 amide bonds. The summed E-state index contributed by atoms with van der Waals surface area (Å²) in [6, 6.07) is 0.354. The average Bonchev–Trinajstić information content (AvgIpc) is 2.62. The predicted octanol–water partition coefficient (Wildman–Crippen LogP) is 2.05. The number of carbonyl (C=O) groups is 2. The normalized spacial score (nSPS) is 30.5. The molecular weight excluding hydrogens is 324 g/mol. The van der Waals surface area contributed by atoms with Gasteiger partial charge < -0.3 is 15.0 Å². The number of ether oxygens (including phenoxy) is 1. The number of fused-ring (bicyclic) bond motifs is 1. The Hall–Kier alpha value is -0.750. The Morgan fingerprint density at radius 1 is 1.00 bits per heavy atom. The Morgan fingerprint density at radius 3 is 2.54 bits per heavy atom. The lowest BCUT2D eigenvalue weighted by atomic mass is 9.69. The zero-order valence-corrected chi connectivity index (χ0v) is 15.3. The third-order valence-corrected chi connectivity index (χ3v) is 6.64. The summed E-state index contributed by atoms with van der Waals surface area (Å²) in [4.78, 5) is 26.0. The maximum Gasteiger partial charge on any atom is 0.232 e. The van der Waals surface area contributed by atoms with Crippen LogP contribution in [0.3, 0.4) is 0 Å². The number of hydrogen-bond acceptors (Lipinski definition) is 4. The fraction of sp³-hybridized carbons (Fsp3) is 0.889. The minimum absolute atomic E-state index is 0.0917. The van der Waals surface area contributed by atoms with Crippen molar-refractivity contribution in [3.63, 3.8) is 0 Å². The van der Waals surface area contributed by atoms with Crippen molar-refractivity contribution >= 4 is 23.6 Å². The van der Waals surface area contributed by atoms with E-state index >= 15 is 0 Å². The Kier molecular flexibility index (Phi) is 6.84. The quantitative estimate of drug-likeness (QED) is 0.821. The highest BCUT2D eigenvalue weighted by Gasteiger charge is 2.32. The van der Waals surface area contributed by atoms with Crippen molar-refractivity contribution in [3.05, 3.63) is 0 Å². The first-order valence-electron chi connectivity index (χ1n) is 9.45. The lowest BCUT2D eigenvalue weighted by molar-refractivity contribution is -0.132. The van der Waals surface area contributed by atoms with E-state index in [-0.39, 0.29) is 11.8 Å². The van der Waals surface area contributed by atoms with Crippen LogP contribution >= 0.6 is 11.8 Å². The monoisotopic (exact) mass is 354 g/mol. The number of hydrogen-bond donors (Lipinski definition) is 1. The summed E-state index contributed by atoms with van der Waals surface area (Å²) in [5.41, 5.74) is 0. The smallest absolute Gasteiger partial charge is 0.232 e. The van der Waals surface area contributed by atoms with Crippen LogP contribution in [0.15, 0.2) is 0 Å². The molecule has 0 unspecified atom stereocenters. The predicted molar refractivity (Wildman–Crippen MR) is 96.0 cm³/mol. The van der Waals surface area contributed by atoms with Gasteiger partial charge in [-0.2, -0.15) is 0 Å². The van der Waals surface area contributed by atoms with Gasteiger partial charge in [0.05, 0.1) is 24.7 Å². The fourth-order valence-corrected chi connectivity index (χ4v) is 5.14. The van der Waals surface area contributed by atoms with Gasteiger partial charge in [0.2, 0.25) is 11.8 Å². The molecule has 1 aliphatic heterocycles. The van der Waals surface area contributed by atoms with Crippen LogP contribution < -0.4 is 5.32 Å². The van der Waals surface area contributed by atoms with Gasteiger partial charge >= 0.3 is 0 Å². The number of thioether (sulfide) groups is 1. The molecule has 24 heavy (non-hydrogen) atoms. The van der Waals surface area contributed by atoms with Gasteiger partial charge in [0.1, 0.15) is 0 Å². The van der Waals surface area contributed by atoms with Crippen molar-refractivity contribution in [2.45, 2.75) is 51.0 Å². The first-order chi connectivity index (χ1) is 11.7. The Bertz CT molecular complexity index is 440. The lowest BCUT2D eigenvalue weighted by Gasteiger charge is -2.39. The van der Waals surface area contributed by atoms with Gasteiger partial charge in [-0.3, -0.25) is 9.59 Å². The number of amides is 2. The maximum absolute atomic E-state index is 12.2. The van der Waals surface area contributed by atoms with Crippen LogP contribution in [0.1, 0.15) is 44.9 Å². The van der Waals surface area contributed by atoms with Crippen LogP contribution in [-0.4, -0.2) is 60.6 Å². The molecule has 5 nitrogen and oxygen atoms in total. The van der Waals surface area contributed by atoms with E-state index in [4.69, 9.17) is 4.74 Å². The van der Waals surface area contributed by atoms with E-state index in [9.17, 15) is 9.59 Å². The topological polar surface area (TPSA) is 58.6 Å². The van der Waals surface area contributed by atoms with E-state index in [2.05, 4.69) is 5.32 Å². The van der Waals surface area contributed by atoms with Gasteiger partial charge in [-0.1, -0.05) is 25.7 Å². The third-order valence-electron chi connectivity index (χ3n) is 5.73. The molecule has 0 aromatic rings. The lowest BCUT2D eigenvalue weighted by Crippen LogP contribution is -2.43. The average molecular weight is 355 g/mol. The Labute approximate surface area is 149 Å². The largest absolute Gasteiger partial charge is 0.378 e. The van der Waals surface area contributed by atoms with Crippen molar-refractivity contribution in [3.8, 4) is 0 Å². The van der Waals surface area contributed by atoms with Crippen molar-refractivity contribution in [1.29, 1.82) is 0 Å². The van der Waals surface area contributed by atoms with Crippen LogP contribution in [0.4, 0.5) is 0 Å².